The van der Waals surface area contributed by atoms with E-state index in [0.717, 1.165) is 0 Å². The molecule has 0 atom stereocenters. The molecule has 608 valence electrons. The molecule has 16 nitrogen and oxygen atoms in total. The van der Waals surface area contributed by atoms with Crippen LogP contribution in [0.1, 0.15) is 0 Å². The van der Waals surface area contributed by atoms with Crippen LogP contribution in [0.15, 0.2) is 489 Å². The highest BCUT2D eigenvalue weighted by molar-refractivity contribution is 8.94. The van der Waals surface area contributed by atoms with Crippen molar-refractivity contribution in [2.24, 2.45) is 0 Å². The third-order valence-corrected chi connectivity index (χ3v) is 9.06. The van der Waals surface area contributed by atoms with Gasteiger partial charge in [0.2, 0.25) is 0 Å². The Morgan fingerprint density at radius 2 is 0.0893 bits per heavy atom. The molecule has 0 amide bonds. The lowest BCUT2D eigenvalue weighted by atomic mass is 10.5. The van der Waals surface area contributed by atoms with Gasteiger partial charge >= 0.3 is 0 Å². The predicted octanol–water partition coefficient (Wildman–Crippen LogP) is 26.6. The van der Waals surface area contributed by atoms with Gasteiger partial charge in [-0.1, -0.05) is 97.1 Å². The van der Waals surface area contributed by atoms with Crippen LogP contribution in [0.2, 0.25) is 0 Å². The summed E-state index contributed by atoms with van der Waals surface area (Å²) in [6, 6.07) is 91.4. The van der Waals surface area contributed by atoms with Gasteiger partial charge in [-0.3, -0.25) is 79.7 Å². The van der Waals surface area contributed by atoms with Gasteiger partial charge in [-0.2, -0.15) is 0 Å². The number of aromatic nitrogens is 16. The van der Waals surface area contributed by atoms with Gasteiger partial charge in [0, 0.05) is 198 Å². The molecule has 32 heteroatoms. The van der Waals surface area contributed by atoms with Crippen molar-refractivity contribution >= 4 is 272 Å². The van der Waals surface area contributed by atoms with Gasteiger partial charge < -0.3 is 0 Å². The highest BCUT2D eigenvalue weighted by atomic mass is 79.9. The Hall–Kier alpha value is -5.92. The second-order valence-corrected chi connectivity index (χ2v) is 16.4. The van der Waals surface area contributed by atoms with Crippen molar-refractivity contribution in [3.05, 3.63) is 489 Å². The van der Waals surface area contributed by atoms with E-state index < -0.39 is 0 Å². The van der Waals surface area contributed by atoms with Crippen molar-refractivity contribution in [2.75, 3.05) is 0 Å². The maximum Gasteiger partial charge on any atom is 0.0267 e. The molecular formula is C80H96Br16N16. The minimum Gasteiger partial charge on any atom is -0.265 e. The van der Waals surface area contributed by atoms with E-state index >= 15 is 0 Å². The first-order chi connectivity index (χ1) is 48.0. The molecule has 16 aromatic rings. The first kappa shape index (κ1) is 144. The molecule has 0 aliphatic carbocycles. The molecule has 0 saturated heterocycles. The first-order valence-corrected chi connectivity index (χ1v) is 29.6. The summed E-state index contributed by atoms with van der Waals surface area (Å²) in [5.74, 6) is 0. The molecule has 0 spiro atoms. The summed E-state index contributed by atoms with van der Waals surface area (Å²) in [6.45, 7) is 0. The van der Waals surface area contributed by atoms with Gasteiger partial charge in [0.1, 0.15) is 0 Å². The van der Waals surface area contributed by atoms with Crippen LogP contribution in [-0.2, 0) is 0 Å². The van der Waals surface area contributed by atoms with Gasteiger partial charge in [-0.05, 0) is 194 Å². The zero-order valence-corrected chi connectivity index (χ0v) is 87.3. The molecule has 0 aliphatic rings. The largest absolute Gasteiger partial charge is 0.265 e. The van der Waals surface area contributed by atoms with Crippen LogP contribution in [0.5, 0.6) is 0 Å². The molecule has 0 N–H and O–H groups in total. The Kier molecular flexibility index (Phi) is 181. The van der Waals surface area contributed by atoms with Gasteiger partial charge in [0.05, 0.1) is 0 Å². The zero-order chi connectivity index (χ0) is 67.9. The number of rotatable bonds is 0. The average molecular weight is 2560 g/mol. The van der Waals surface area contributed by atoms with Crippen molar-refractivity contribution < 1.29 is 0 Å². The van der Waals surface area contributed by atoms with Crippen LogP contribution in [0.3, 0.4) is 0 Å². The van der Waals surface area contributed by atoms with Crippen molar-refractivity contribution in [1.29, 1.82) is 0 Å². The third kappa shape index (κ3) is 136. The van der Waals surface area contributed by atoms with E-state index in [1.54, 1.807) is 198 Å². The van der Waals surface area contributed by atoms with Crippen LogP contribution in [0.25, 0.3) is 0 Å². The molecule has 16 rings (SSSR count). The van der Waals surface area contributed by atoms with Crippen molar-refractivity contribution in [2.45, 2.75) is 0 Å². The molecule has 16 aromatic heterocycles. The topological polar surface area (TPSA) is 206 Å². The maximum atomic E-state index is 3.78. The SMILES string of the molecule is Br.Br.Br.Br.Br.Br.Br.Br.Br.Br.Br.Br.Br.Br.Br.Br.c1ccncc1.c1ccncc1.c1ccncc1.c1ccncc1.c1ccncc1.c1ccncc1.c1ccncc1.c1ccncc1.c1ccncc1.c1ccncc1.c1ccncc1.c1ccncc1.c1ccncc1.c1ccncc1.c1ccncc1.c1ccncc1. The molecule has 0 fully saturated rings. The Morgan fingerprint density at radius 1 is 0.0536 bits per heavy atom. The summed E-state index contributed by atoms with van der Waals surface area (Å²) < 4.78 is 0. The average Bonchev–Trinajstić information content (AvgIpc) is 3.77. The highest BCUT2D eigenvalue weighted by Gasteiger charge is 1.67. The highest BCUT2D eigenvalue weighted by Crippen LogP contribution is 1.82. The van der Waals surface area contributed by atoms with Gasteiger partial charge in [-0.25, -0.2) is 0 Å². The lowest BCUT2D eigenvalue weighted by Gasteiger charge is -1.70. The van der Waals surface area contributed by atoms with Gasteiger partial charge in [0.25, 0.3) is 0 Å². The van der Waals surface area contributed by atoms with Crippen LogP contribution >= 0.6 is 272 Å². The molecule has 0 unspecified atom stereocenters. The van der Waals surface area contributed by atoms with E-state index in [-0.39, 0.29) is 272 Å². The van der Waals surface area contributed by atoms with E-state index in [1.807, 2.05) is 291 Å². The minimum atomic E-state index is 0. The second kappa shape index (κ2) is 140. The second-order valence-electron chi connectivity index (χ2n) is 16.4. The number of hydrogen-bond donors (Lipinski definition) is 0. The molecule has 0 radical (unpaired) electrons. The molecule has 0 saturated carbocycles. The Labute approximate surface area is 830 Å². The fourth-order valence-corrected chi connectivity index (χ4v) is 5.00. The molecular weight excluding hydrogens is 2460 g/mol. The zero-order valence-electron chi connectivity index (χ0n) is 59.9. The van der Waals surface area contributed by atoms with Crippen LogP contribution in [-0.4, -0.2) is 79.7 Å². The Balaban J connectivity index is -0.0000000621. The lowest BCUT2D eigenvalue weighted by molar-refractivity contribution is 1.33. The minimum absolute atomic E-state index is 0. The number of pyridine rings is 16. The summed E-state index contributed by atoms with van der Waals surface area (Å²) in [7, 11) is 0. The van der Waals surface area contributed by atoms with E-state index in [0.29, 0.717) is 0 Å². The number of halogens is 16. The summed E-state index contributed by atoms with van der Waals surface area (Å²) >= 11 is 0. The third-order valence-electron chi connectivity index (χ3n) is 9.06. The smallest absolute Gasteiger partial charge is 0.0267 e. The van der Waals surface area contributed by atoms with Crippen LogP contribution in [0.4, 0.5) is 0 Å². The lowest BCUT2D eigenvalue weighted by Crippen LogP contribution is -1.58. The summed E-state index contributed by atoms with van der Waals surface area (Å²) in [4.78, 5) is 60.6. The quantitative estimate of drug-likeness (QED) is 0.138. The summed E-state index contributed by atoms with van der Waals surface area (Å²) in [5.41, 5.74) is 0. The predicted molar refractivity (Wildman–Crippen MR) is 553 cm³/mol. The van der Waals surface area contributed by atoms with Gasteiger partial charge in [-0.15, -0.1) is 272 Å². The molecule has 0 aliphatic heterocycles. The van der Waals surface area contributed by atoms with Crippen molar-refractivity contribution in [3.63, 3.8) is 0 Å². The fraction of sp³-hybridized carbons (Fsp3) is 0. The van der Waals surface area contributed by atoms with Crippen molar-refractivity contribution in [3.8, 4) is 0 Å². The molecule has 16 heterocycles. The van der Waals surface area contributed by atoms with Crippen LogP contribution in [0, 0.1) is 0 Å². The number of nitrogens with zero attached hydrogens (tertiary/aromatic N) is 16. The number of hydrogen-bond acceptors (Lipinski definition) is 16. The standard InChI is InChI=1S/16C5H5N.16BrH/c16*1-2-4-6-5-3-1;;;;;;;;;;;;;;;;/h16*1-5H;16*1H. The normalized spacial score (nSPS) is 6.86. The molecule has 112 heavy (non-hydrogen) atoms. The molecule has 0 bridgehead atoms. The van der Waals surface area contributed by atoms with Crippen molar-refractivity contribution in [1.82, 2.24) is 79.7 Å². The van der Waals surface area contributed by atoms with E-state index in [1.165, 1.54) is 0 Å². The van der Waals surface area contributed by atoms with E-state index in [9.17, 15) is 0 Å². The monoisotopic (exact) mass is 2540 g/mol. The van der Waals surface area contributed by atoms with Gasteiger partial charge in [0.15, 0.2) is 0 Å². The first-order valence-electron chi connectivity index (χ1n) is 29.6. The summed E-state index contributed by atoms with van der Waals surface area (Å²) in [5, 5.41) is 0. The maximum absolute atomic E-state index is 3.78. The van der Waals surface area contributed by atoms with Crippen LogP contribution < -0.4 is 0 Å². The summed E-state index contributed by atoms with van der Waals surface area (Å²) in [6.07, 6.45) is 56.0. The van der Waals surface area contributed by atoms with E-state index in [2.05, 4.69) is 79.7 Å². The van der Waals surface area contributed by atoms with E-state index in [4.69, 9.17) is 0 Å². The Bertz CT molecular complexity index is 2290. The fourth-order valence-electron chi connectivity index (χ4n) is 5.00. The molecule has 0 aromatic carbocycles. The Morgan fingerprint density at radius 3 is 0.0982 bits per heavy atom.